The molecule has 0 saturated carbocycles. The molecule has 0 aliphatic rings. The highest BCUT2D eigenvalue weighted by atomic mass is 35.5. The molecule has 0 bridgehead atoms. The molecule has 3 aromatic carbocycles. The van der Waals surface area contributed by atoms with Crippen LogP contribution in [-0.4, -0.2) is 5.11 Å². The first-order chi connectivity index (χ1) is 9.16. The molecule has 0 atom stereocenters. The van der Waals surface area contributed by atoms with Crippen molar-refractivity contribution in [2.45, 2.75) is 0 Å². The summed E-state index contributed by atoms with van der Waals surface area (Å²) in [7, 11) is 0. The van der Waals surface area contributed by atoms with Crippen molar-refractivity contribution in [3.05, 3.63) is 76.8 Å². The van der Waals surface area contributed by atoms with Gasteiger partial charge in [-0.1, -0.05) is 71.7 Å². The molecule has 0 saturated heterocycles. The van der Waals surface area contributed by atoms with Gasteiger partial charge in [0.25, 0.3) is 0 Å². The lowest BCUT2D eigenvalue weighted by Crippen LogP contribution is -1.67. The summed E-state index contributed by atoms with van der Waals surface area (Å²) in [6.45, 7) is 0. The lowest BCUT2D eigenvalue weighted by molar-refractivity contribution is 0.475. The van der Waals surface area contributed by atoms with Gasteiger partial charge in [0, 0.05) is 5.02 Å². The van der Waals surface area contributed by atoms with E-state index < -0.39 is 0 Å². The van der Waals surface area contributed by atoms with Crippen LogP contribution in [0.25, 0.3) is 10.8 Å². The fourth-order valence-electron chi connectivity index (χ4n) is 1.61. The molecule has 0 amide bonds. The highest BCUT2D eigenvalue weighted by Crippen LogP contribution is 2.25. The summed E-state index contributed by atoms with van der Waals surface area (Å²) >= 11 is 11.0. The van der Waals surface area contributed by atoms with Crippen LogP contribution in [0.2, 0.25) is 10.0 Å². The Morgan fingerprint density at radius 3 is 1.53 bits per heavy atom. The third-order valence-corrected chi connectivity index (χ3v) is 3.11. The molecular formula is C16H12Cl2O. The number of halogens is 2. The first-order valence-corrected chi connectivity index (χ1v) is 6.50. The van der Waals surface area contributed by atoms with Crippen molar-refractivity contribution in [3.63, 3.8) is 0 Å². The van der Waals surface area contributed by atoms with Crippen molar-refractivity contribution in [2.24, 2.45) is 0 Å². The molecular weight excluding hydrogens is 279 g/mol. The second-order valence-electron chi connectivity index (χ2n) is 3.94. The minimum Gasteiger partial charge on any atom is -0.506 e. The number of fused-ring (bicyclic) bond motifs is 1. The van der Waals surface area contributed by atoms with Gasteiger partial charge in [0.05, 0.1) is 5.02 Å². The first-order valence-electron chi connectivity index (χ1n) is 5.74. The van der Waals surface area contributed by atoms with Crippen LogP contribution >= 0.6 is 23.2 Å². The zero-order valence-electron chi connectivity index (χ0n) is 10.1. The van der Waals surface area contributed by atoms with Crippen LogP contribution in [0, 0.1) is 0 Å². The molecule has 1 N–H and O–H groups in total. The zero-order chi connectivity index (χ0) is 13.7. The van der Waals surface area contributed by atoms with Gasteiger partial charge in [-0.25, -0.2) is 0 Å². The summed E-state index contributed by atoms with van der Waals surface area (Å²) in [5.41, 5.74) is 0. The van der Waals surface area contributed by atoms with E-state index in [-0.39, 0.29) is 10.8 Å². The number of hydrogen-bond acceptors (Lipinski definition) is 1. The zero-order valence-corrected chi connectivity index (χ0v) is 11.6. The van der Waals surface area contributed by atoms with Crippen LogP contribution in [0.5, 0.6) is 5.75 Å². The molecule has 96 valence electrons. The lowest BCUT2D eigenvalue weighted by Gasteiger charge is -1.93. The van der Waals surface area contributed by atoms with Crippen molar-refractivity contribution < 1.29 is 5.11 Å². The smallest absolute Gasteiger partial charge is 0.134 e. The predicted molar refractivity (Wildman–Crippen MR) is 82.1 cm³/mol. The number of phenolic OH excluding ortho intramolecular Hbond substituents is 1. The maximum Gasteiger partial charge on any atom is 0.134 e. The fourth-order valence-corrected chi connectivity index (χ4v) is 2.02. The van der Waals surface area contributed by atoms with Gasteiger partial charge in [0.15, 0.2) is 0 Å². The summed E-state index contributed by atoms with van der Waals surface area (Å²) in [6, 6.07) is 21.2. The van der Waals surface area contributed by atoms with Crippen LogP contribution < -0.4 is 0 Å². The summed E-state index contributed by atoms with van der Waals surface area (Å²) in [5.74, 6) is 0.0565. The molecule has 0 radical (unpaired) electrons. The number of phenols is 1. The average molecular weight is 291 g/mol. The van der Waals surface area contributed by atoms with Gasteiger partial charge >= 0.3 is 0 Å². The van der Waals surface area contributed by atoms with E-state index in [0.29, 0.717) is 5.02 Å². The highest BCUT2D eigenvalue weighted by molar-refractivity contribution is 6.35. The van der Waals surface area contributed by atoms with Crippen molar-refractivity contribution >= 4 is 34.0 Å². The van der Waals surface area contributed by atoms with E-state index in [4.69, 9.17) is 28.3 Å². The van der Waals surface area contributed by atoms with Crippen molar-refractivity contribution in [1.29, 1.82) is 0 Å². The highest BCUT2D eigenvalue weighted by Gasteiger charge is 1.95. The second kappa shape index (κ2) is 6.46. The molecule has 0 fully saturated rings. The van der Waals surface area contributed by atoms with Crippen LogP contribution in [0.1, 0.15) is 0 Å². The maximum absolute atomic E-state index is 8.85. The van der Waals surface area contributed by atoms with E-state index >= 15 is 0 Å². The van der Waals surface area contributed by atoms with Gasteiger partial charge in [-0.15, -0.1) is 0 Å². The van der Waals surface area contributed by atoms with E-state index in [2.05, 4.69) is 48.5 Å². The van der Waals surface area contributed by atoms with Gasteiger partial charge in [-0.2, -0.15) is 0 Å². The molecule has 0 spiro atoms. The topological polar surface area (TPSA) is 20.2 Å². The molecule has 0 aliphatic heterocycles. The molecule has 0 aliphatic carbocycles. The number of rotatable bonds is 0. The van der Waals surface area contributed by atoms with E-state index in [1.807, 2.05) is 0 Å². The maximum atomic E-state index is 8.85. The van der Waals surface area contributed by atoms with Gasteiger partial charge in [-0.05, 0) is 29.0 Å². The lowest BCUT2D eigenvalue weighted by atomic mass is 10.1. The van der Waals surface area contributed by atoms with E-state index in [9.17, 15) is 0 Å². The molecule has 0 heterocycles. The van der Waals surface area contributed by atoms with E-state index in [1.165, 1.54) is 22.9 Å². The van der Waals surface area contributed by atoms with Crippen molar-refractivity contribution in [1.82, 2.24) is 0 Å². The normalized spacial score (nSPS) is 9.79. The van der Waals surface area contributed by atoms with Gasteiger partial charge < -0.3 is 5.11 Å². The standard InChI is InChI=1S/C10H8.C6H4Cl2O/c1-2-6-10-8-4-3-7-9(10)5-1;7-4-1-2-6(9)5(8)3-4/h1-8H;1-3,9H. The Kier molecular flexibility index (Phi) is 4.67. The first kappa shape index (κ1) is 13.7. The Morgan fingerprint density at radius 1 is 0.684 bits per heavy atom. The summed E-state index contributed by atoms with van der Waals surface area (Å²) < 4.78 is 0. The molecule has 3 heteroatoms. The predicted octanol–water partition coefficient (Wildman–Crippen LogP) is 5.54. The fraction of sp³-hybridized carbons (Fsp3) is 0. The third-order valence-electron chi connectivity index (χ3n) is 2.57. The monoisotopic (exact) mass is 290 g/mol. The minimum atomic E-state index is 0.0565. The minimum absolute atomic E-state index is 0.0565. The third kappa shape index (κ3) is 3.88. The molecule has 1 nitrogen and oxygen atoms in total. The molecule has 3 rings (SSSR count). The summed E-state index contributed by atoms with van der Waals surface area (Å²) in [5, 5.41) is 12.3. The quantitative estimate of drug-likeness (QED) is 0.576. The van der Waals surface area contributed by atoms with Gasteiger partial charge in [0.2, 0.25) is 0 Å². The average Bonchev–Trinajstić information content (AvgIpc) is 2.44. The molecule has 3 aromatic rings. The van der Waals surface area contributed by atoms with E-state index in [0.717, 1.165) is 0 Å². The SMILES string of the molecule is Oc1ccc(Cl)cc1Cl.c1ccc2ccccc2c1. The second-order valence-corrected chi connectivity index (χ2v) is 4.79. The van der Waals surface area contributed by atoms with Crippen LogP contribution in [-0.2, 0) is 0 Å². The van der Waals surface area contributed by atoms with Crippen LogP contribution in [0.3, 0.4) is 0 Å². The number of benzene rings is 3. The van der Waals surface area contributed by atoms with E-state index in [1.54, 1.807) is 6.07 Å². The number of hydrogen-bond donors (Lipinski definition) is 1. The Balaban J connectivity index is 0.000000141. The van der Waals surface area contributed by atoms with Gasteiger partial charge in [-0.3, -0.25) is 0 Å². The Morgan fingerprint density at radius 2 is 1.16 bits per heavy atom. The molecule has 0 unspecified atom stereocenters. The molecule has 0 aromatic heterocycles. The largest absolute Gasteiger partial charge is 0.506 e. The number of aromatic hydroxyl groups is 1. The van der Waals surface area contributed by atoms with Gasteiger partial charge in [0.1, 0.15) is 5.75 Å². The Bertz CT molecular complexity index is 615. The van der Waals surface area contributed by atoms with Crippen LogP contribution in [0.15, 0.2) is 66.7 Å². The van der Waals surface area contributed by atoms with Crippen LogP contribution in [0.4, 0.5) is 0 Å². The van der Waals surface area contributed by atoms with Crippen molar-refractivity contribution in [2.75, 3.05) is 0 Å². The summed E-state index contributed by atoms with van der Waals surface area (Å²) in [6.07, 6.45) is 0. The van der Waals surface area contributed by atoms with Crippen molar-refractivity contribution in [3.8, 4) is 5.75 Å². The summed E-state index contributed by atoms with van der Waals surface area (Å²) in [4.78, 5) is 0. The molecule has 19 heavy (non-hydrogen) atoms. The Hall–Kier alpha value is -1.70. The Labute approximate surface area is 122 Å².